The number of hydrogen-bond donors (Lipinski definition) is 0. The fourth-order valence-corrected chi connectivity index (χ4v) is 6.21. The molecule has 0 aromatic rings. The van der Waals surface area contributed by atoms with Gasteiger partial charge in [0.05, 0.1) is 24.9 Å². The Kier molecular flexibility index (Phi) is 18.0. The first-order valence-electron chi connectivity index (χ1n) is 15.0. The number of carbonyl (C=O) groups is 1. The molecule has 1 aliphatic rings. The van der Waals surface area contributed by atoms with E-state index in [1.807, 2.05) is 0 Å². The molecule has 11 heteroatoms. The minimum absolute atomic E-state index is 0.0213. The summed E-state index contributed by atoms with van der Waals surface area (Å²) in [7, 11) is -3.71. The molecule has 1 fully saturated rings. The average Bonchev–Trinajstić information content (AvgIpc) is 2.84. The van der Waals surface area contributed by atoms with E-state index < -0.39 is 34.0 Å². The van der Waals surface area contributed by atoms with Crippen LogP contribution < -0.4 is 0 Å². The maximum atomic E-state index is 14.9. The molecule has 1 saturated carbocycles. The first kappa shape index (κ1) is 35.7. The highest BCUT2D eigenvalue weighted by Crippen LogP contribution is 2.37. The number of rotatable bonds is 19. The smallest absolute Gasteiger partial charge is 0.309 e. The van der Waals surface area contributed by atoms with Crippen molar-refractivity contribution in [3.63, 3.8) is 0 Å². The van der Waals surface area contributed by atoms with Gasteiger partial charge in [-0.2, -0.15) is 8.42 Å². The number of esters is 1. The van der Waals surface area contributed by atoms with Crippen molar-refractivity contribution in [3.8, 4) is 0 Å². The van der Waals surface area contributed by atoms with Gasteiger partial charge in [-0.15, -0.1) is 0 Å². The van der Waals surface area contributed by atoms with Crippen LogP contribution in [0.25, 0.3) is 0 Å². The Balaban J connectivity index is 2.57. The summed E-state index contributed by atoms with van der Waals surface area (Å²) < 4.78 is 64.0. The Hall–Kier alpha value is -1.36. The Morgan fingerprint density at radius 2 is 1.49 bits per heavy atom. The van der Waals surface area contributed by atoms with Crippen molar-refractivity contribution in [2.45, 2.75) is 141 Å². The maximum absolute atomic E-state index is 14.9. The van der Waals surface area contributed by atoms with Crippen LogP contribution in [0.4, 0.5) is 8.78 Å². The van der Waals surface area contributed by atoms with Crippen molar-refractivity contribution in [1.29, 1.82) is 0 Å². The number of ether oxygens (including phenoxy) is 1. The van der Waals surface area contributed by atoms with Crippen LogP contribution in [0, 0.1) is 22.0 Å². The molecule has 0 saturated heterocycles. The summed E-state index contributed by atoms with van der Waals surface area (Å²) >= 11 is 0. The summed E-state index contributed by atoms with van der Waals surface area (Å²) in [5, 5.41) is 10.3. The first-order chi connectivity index (χ1) is 18.4. The molecule has 0 N–H and O–H groups in total. The minimum Gasteiger partial charge on any atom is -0.466 e. The summed E-state index contributed by atoms with van der Waals surface area (Å²) in [6.45, 7) is 1.95. The van der Waals surface area contributed by atoms with Gasteiger partial charge in [-0.1, -0.05) is 64.2 Å². The number of carbonyl (C=O) groups excluding carboxylic acids is 1. The lowest BCUT2D eigenvalue weighted by Gasteiger charge is -2.31. The number of hydrogen-bond acceptors (Lipinski definition) is 7. The van der Waals surface area contributed by atoms with Crippen molar-refractivity contribution in [3.05, 3.63) is 10.1 Å². The highest BCUT2D eigenvalue weighted by atomic mass is 32.2. The molecule has 8 nitrogen and oxygen atoms in total. The van der Waals surface area contributed by atoms with Crippen molar-refractivity contribution in [2.75, 3.05) is 19.4 Å². The van der Waals surface area contributed by atoms with Crippen LogP contribution in [0.1, 0.15) is 129 Å². The molecule has 230 valence electrons. The van der Waals surface area contributed by atoms with Gasteiger partial charge in [-0.05, 0) is 51.4 Å². The quantitative estimate of drug-likeness (QED) is 0.0510. The number of halogens is 2. The molecule has 0 aromatic carbocycles. The lowest BCUT2D eigenvalue weighted by molar-refractivity contribution is -0.480. The predicted octanol–water partition coefficient (Wildman–Crippen LogP) is 7.46. The van der Waals surface area contributed by atoms with Gasteiger partial charge in [0.15, 0.2) is 0 Å². The highest BCUT2D eigenvalue weighted by molar-refractivity contribution is 7.86. The van der Waals surface area contributed by atoms with E-state index in [-0.39, 0.29) is 49.7 Å². The minimum atomic E-state index is -3.71. The molecule has 39 heavy (non-hydrogen) atoms. The second-order valence-electron chi connectivity index (χ2n) is 11.2. The van der Waals surface area contributed by atoms with Crippen LogP contribution in [-0.4, -0.2) is 50.7 Å². The van der Waals surface area contributed by atoms with Crippen LogP contribution in [0.3, 0.4) is 0 Å². The third-order valence-electron chi connectivity index (χ3n) is 7.59. The summed E-state index contributed by atoms with van der Waals surface area (Å²) in [4.78, 5) is 22.8. The lowest BCUT2D eigenvalue weighted by atomic mass is 9.78. The summed E-state index contributed by atoms with van der Waals surface area (Å²) in [6.07, 6.45) is 12.2. The average molecular weight is 584 g/mol. The zero-order chi connectivity index (χ0) is 29.2. The zero-order valence-electron chi connectivity index (χ0n) is 24.1. The molecule has 3 atom stereocenters. The zero-order valence-corrected chi connectivity index (χ0v) is 24.9. The molecule has 0 bridgehead atoms. The SMILES string of the molecule is CCOC(=O)[C@@H]1CCCCCC[C@@H](OS(C)(=O)=O)C[C@H]1CCC(F)(F)CCCCCCCCCCC[N+](=O)[O-]. The van der Waals surface area contributed by atoms with E-state index in [1.165, 1.54) is 0 Å². The van der Waals surface area contributed by atoms with Crippen LogP contribution >= 0.6 is 0 Å². The van der Waals surface area contributed by atoms with Gasteiger partial charge < -0.3 is 4.74 Å². The number of nitro groups is 1. The highest BCUT2D eigenvalue weighted by Gasteiger charge is 2.36. The largest absolute Gasteiger partial charge is 0.466 e. The summed E-state index contributed by atoms with van der Waals surface area (Å²) in [5.74, 6) is -4.20. The van der Waals surface area contributed by atoms with Crippen LogP contribution in [-0.2, 0) is 23.8 Å². The molecule has 0 spiro atoms. The molecule has 0 amide bonds. The maximum Gasteiger partial charge on any atom is 0.309 e. The standard InChI is InChI=1S/C28H51F2NO7S/c1-3-37-27(32)26-18-14-10-9-13-17-25(38-39(2,35)36)23-24(26)19-21-28(29,30)20-15-11-7-5-4-6-8-12-16-22-31(33)34/h24-26H,3-23H2,1-2H3/t24-,25-,26-/m1/s1. The van der Waals surface area contributed by atoms with Gasteiger partial charge >= 0.3 is 5.97 Å². The molecular weight excluding hydrogens is 532 g/mol. The third-order valence-corrected chi connectivity index (χ3v) is 8.21. The van der Waals surface area contributed by atoms with E-state index in [0.717, 1.165) is 76.9 Å². The van der Waals surface area contributed by atoms with E-state index in [0.29, 0.717) is 25.7 Å². The van der Waals surface area contributed by atoms with E-state index in [2.05, 4.69) is 0 Å². The first-order valence-corrected chi connectivity index (χ1v) is 16.8. The summed E-state index contributed by atoms with van der Waals surface area (Å²) in [5.41, 5.74) is 0. The van der Waals surface area contributed by atoms with E-state index >= 15 is 0 Å². The molecule has 0 unspecified atom stereocenters. The van der Waals surface area contributed by atoms with Gasteiger partial charge in [-0.3, -0.25) is 19.1 Å². The number of unbranched alkanes of at least 4 members (excludes halogenated alkanes) is 8. The fraction of sp³-hybridized carbons (Fsp3) is 0.964. The lowest BCUT2D eigenvalue weighted by Crippen LogP contribution is -2.32. The van der Waals surface area contributed by atoms with Gasteiger partial charge in [-0.25, -0.2) is 8.78 Å². The molecular formula is C28H51F2NO7S. The normalized spacial score (nSPS) is 21.4. The van der Waals surface area contributed by atoms with Crippen LogP contribution in [0.2, 0.25) is 0 Å². The Morgan fingerprint density at radius 1 is 0.923 bits per heavy atom. The number of alkyl halides is 2. The predicted molar refractivity (Wildman–Crippen MR) is 148 cm³/mol. The molecule has 0 radical (unpaired) electrons. The van der Waals surface area contributed by atoms with Gasteiger partial charge in [0.25, 0.3) is 10.1 Å². The summed E-state index contributed by atoms with van der Waals surface area (Å²) in [6, 6.07) is 0. The second-order valence-corrected chi connectivity index (χ2v) is 12.8. The topological polar surface area (TPSA) is 113 Å². The van der Waals surface area contributed by atoms with E-state index in [1.54, 1.807) is 6.92 Å². The molecule has 0 aromatic heterocycles. The van der Waals surface area contributed by atoms with Gasteiger partial charge in [0, 0.05) is 24.2 Å². The van der Waals surface area contributed by atoms with E-state index in [4.69, 9.17) is 8.92 Å². The molecule has 0 aliphatic heterocycles. The van der Waals surface area contributed by atoms with Gasteiger partial charge in [0.2, 0.25) is 12.5 Å². The van der Waals surface area contributed by atoms with Crippen molar-refractivity contribution < 1.29 is 35.8 Å². The Bertz CT molecular complexity index is 795. The van der Waals surface area contributed by atoms with Crippen LogP contribution in [0.15, 0.2) is 0 Å². The Morgan fingerprint density at radius 3 is 2.05 bits per heavy atom. The molecule has 1 rings (SSSR count). The Labute approximate surface area is 234 Å². The second kappa shape index (κ2) is 19.7. The molecule has 1 aliphatic carbocycles. The van der Waals surface area contributed by atoms with Crippen molar-refractivity contribution in [1.82, 2.24) is 0 Å². The monoisotopic (exact) mass is 583 g/mol. The fourth-order valence-electron chi connectivity index (χ4n) is 5.54. The number of nitrogens with zero attached hydrogens (tertiary/aromatic N) is 1. The van der Waals surface area contributed by atoms with Gasteiger partial charge in [0.1, 0.15) is 0 Å². The van der Waals surface area contributed by atoms with E-state index in [9.17, 15) is 32.1 Å². The third kappa shape index (κ3) is 18.6. The van der Waals surface area contributed by atoms with Crippen molar-refractivity contribution in [2.24, 2.45) is 11.8 Å². The van der Waals surface area contributed by atoms with Crippen molar-refractivity contribution >= 4 is 16.1 Å². The van der Waals surface area contributed by atoms with Crippen LogP contribution in [0.5, 0.6) is 0 Å². The molecule has 0 heterocycles.